The highest BCUT2D eigenvalue weighted by molar-refractivity contribution is 4.89. The van der Waals surface area contributed by atoms with Crippen LogP contribution >= 0.6 is 0 Å². The van der Waals surface area contributed by atoms with E-state index in [-0.39, 0.29) is 5.79 Å². The van der Waals surface area contributed by atoms with Crippen molar-refractivity contribution >= 4 is 0 Å². The molecule has 0 radical (unpaired) electrons. The van der Waals surface area contributed by atoms with Crippen molar-refractivity contribution in [3.63, 3.8) is 0 Å². The summed E-state index contributed by atoms with van der Waals surface area (Å²) in [5.41, 5.74) is 0.467. The zero-order valence-corrected chi connectivity index (χ0v) is 17.2. The van der Waals surface area contributed by atoms with Gasteiger partial charge in [-0.15, -0.1) is 0 Å². The third kappa shape index (κ3) is 4.99. The molecule has 3 fully saturated rings. The van der Waals surface area contributed by atoms with Crippen LogP contribution < -0.4 is 0 Å². The van der Waals surface area contributed by atoms with Crippen LogP contribution in [0.2, 0.25) is 0 Å². The third-order valence-electron chi connectivity index (χ3n) is 7.27. The summed E-state index contributed by atoms with van der Waals surface area (Å²) >= 11 is 0. The monoisotopic (exact) mass is 351 g/mol. The van der Waals surface area contributed by atoms with Crippen LogP contribution in [0.25, 0.3) is 0 Å². The maximum Gasteiger partial charge on any atom is 0.168 e. The molecular formula is C22H41NO2. The molecule has 3 aliphatic rings. The number of hydrogen-bond donors (Lipinski definition) is 0. The molecule has 1 atom stereocenters. The average molecular weight is 352 g/mol. The van der Waals surface area contributed by atoms with E-state index in [1.807, 2.05) is 0 Å². The van der Waals surface area contributed by atoms with Gasteiger partial charge in [0.25, 0.3) is 0 Å². The summed E-state index contributed by atoms with van der Waals surface area (Å²) in [6.45, 7) is 14.1. The smallest absolute Gasteiger partial charge is 0.168 e. The Hall–Kier alpha value is -0.120. The molecule has 3 rings (SSSR count). The van der Waals surface area contributed by atoms with Crippen LogP contribution in [0.1, 0.15) is 85.5 Å². The normalized spacial score (nSPS) is 36.0. The van der Waals surface area contributed by atoms with Crippen molar-refractivity contribution in [2.24, 2.45) is 17.3 Å². The van der Waals surface area contributed by atoms with Gasteiger partial charge >= 0.3 is 0 Å². The van der Waals surface area contributed by atoms with Gasteiger partial charge in [-0.05, 0) is 68.9 Å². The lowest BCUT2D eigenvalue weighted by Crippen LogP contribution is -2.51. The van der Waals surface area contributed by atoms with Crippen LogP contribution in [0.4, 0.5) is 0 Å². The number of likely N-dealkylation sites (tertiary alicyclic amines) is 1. The summed E-state index contributed by atoms with van der Waals surface area (Å²) in [6.07, 6.45) is 11.5. The molecule has 2 heterocycles. The zero-order valence-electron chi connectivity index (χ0n) is 17.2. The lowest BCUT2D eigenvalue weighted by Gasteiger charge is -2.48. The van der Waals surface area contributed by atoms with Crippen molar-refractivity contribution in [3.05, 3.63) is 0 Å². The maximum absolute atomic E-state index is 6.60. The third-order valence-corrected chi connectivity index (χ3v) is 7.27. The van der Waals surface area contributed by atoms with Gasteiger partial charge in [0, 0.05) is 19.4 Å². The van der Waals surface area contributed by atoms with Crippen LogP contribution in [-0.2, 0) is 9.47 Å². The molecular weight excluding hydrogens is 310 g/mol. The number of rotatable bonds is 5. The van der Waals surface area contributed by atoms with Crippen molar-refractivity contribution in [2.45, 2.75) is 97.4 Å². The predicted molar refractivity (Wildman–Crippen MR) is 104 cm³/mol. The van der Waals surface area contributed by atoms with E-state index >= 15 is 0 Å². The molecule has 25 heavy (non-hydrogen) atoms. The molecule has 146 valence electrons. The van der Waals surface area contributed by atoms with E-state index in [0.717, 1.165) is 44.2 Å². The largest absolute Gasteiger partial charge is 0.350 e. The molecule has 0 N–H and O–H groups in total. The quantitative estimate of drug-likeness (QED) is 0.676. The lowest BCUT2D eigenvalue weighted by molar-refractivity contribution is -0.311. The fourth-order valence-corrected chi connectivity index (χ4v) is 5.38. The number of ether oxygens (including phenoxy) is 2. The lowest BCUT2D eigenvalue weighted by atomic mass is 9.67. The summed E-state index contributed by atoms with van der Waals surface area (Å²) in [4.78, 5) is 2.62. The van der Waals surface area contributed by atoms with E-state index in [1.54, 1.807) is 0 Å². The van der Waals surface area contributed by atoms with Gasteiger partial charge in [-0.3, -0.25) is 0 Å². The molecule has 2 saturated heterocycles. The standard InChI is InChI=1S/C22H41NO2/c1-5-11-21(3,4)19-6-12-22(13-7-19)24-16-10-20(25-22)17-23-14-8-18(2)9-15-23/h18-20H,5-17H2,1-4H3. The zero-order chi connectivity index (χ0) is 17.9. The van der Waals surface area contributed by atoms with Gasteiger partial charge in [0.2, 0.25) is 0 Å². The Kier molecular flexibility index (Phi) is 6.50. The van der Waals surface area contributed by atoms with Gasteiger partial charge in [0.15, 0.2) is 5.79 Å². The predicted octanol–water partition coefficient (Wildman–Crippen LogP) is 5.24. The topological polar surface area (TPSA) is 21.7 Å². The molecule has 3 heteroatoms. The molecule has 0 aromatic heterocycles. The van der Waals surface area contributed by atoms with Crippen LogP contribution in [-0.4, -0.2) is 43.0 Å². The molecule has 0 amide bonds. The van der Waals surface area contributed by atoms with Gasteiger partial charge in [-0.2, -0.15) is 0 Å². The summed E-state index contributed by atoms with van der Waals surface area (Å²) < 4.78 is 12.8. The van der Waals surface area contributed by atoms with E-state index in [9.17, 15) is 0 Å². The van der Waals surface area contributed by atoms with Crippen LogP contribution in [0.15, 0.2) is 0 Å². The van der Waals surface area contributed by atoms with Crippen LogP contribution in [0, 0.1) is 17.3 Å². The van der Waals surface area contributed by atoms with Gasteiger partial charge in [0.05, 0.1) is 12.7 Å². The first-order chi connectivity index (χ1) is 11.9. The molecule has 1 spiro atoms. The van der Waals surface area contributed by atoms with Crippen LogP contribution in [0.3, 0.4) is 0 Å². The first-order valence-corrected chi connectivity index (χ1v) is 11.0. The van der Waals surface area contributed by atoms with Crippen molar-refractivity contribution < 1.29 is 9.47 Å². The number of nitrogens with zero attached hydrogens (tertiary/aromatic N) is 1. The Bertz CT molecular complexity index is 406. The van der Waals surface area contributed by atoms with Crippen molar-refractivity contribution in [1.29, 1.82) is 0 Å². The molecule has 2 aliphatic heterocycles. The minimum Gasteiger partial charge on any atom is -0.350 e. The molecule has 1 saturated carbocycles. The van der Waals surface area contributed by atoms with E-state index in [0.29, 0.717) is 11.5 Å². The number of hydrogen-bond acceptors (Lipinski definition) is 3. The fraction of sp³-hybridized carbons (Fsp3) is 1.00. The minimum absolute atomic E-state index is 0.259. The Balaban J connectivity index is 1.50. The van der Waals surface area contributed by atoms with Gasteiger partial charge in [0.1, 0.15) is 0 Å². The maximum atomic E-state index is 6.60. The second kappa shape index (κ2) is 8.27. The highest BCUT2D eigenvalue weighted by atomic mass is 16.7. The molecule has 0 aromatic carbocycles. The second-order valence-electron chi connectivity index (χ2n) is 9.78. The Labute approximate surface area is 155 Å². The van der Waals surface area contributed by atoms with E-state index < -0.39 is 0 Å². The molecule has 3 nitrogen and oxygen atoms in total. The minimum atomic E-state index is -0.259. The van der Waals surface area contributed by atoms with Crippen molar-refractivity contribution in [3.8, 4) is 0 Å². The SMILES string of the molecule is CCCC(C)(C)C1CCC2(CC1)OCCC(CN1CCC(C)CC1)O2. The first kappa shape index (κ1) is 19.6. The summed E-state index contributed by atoms with van der Waals surface area (Å²) in [5.74, 6) is 1.47. The first-order valence-electron chi connectivity index (χ1n) is 11.0. The van der Waals surface area contributed by atoms with Gasteiger partial charge in [-0.25, -0.2) is 0 Å². The Morgan fingerprint density at radius 3 is 2.36 bits per heavy atom. The molecule has 1 aliphatic carbocycles. The van der Waals surface area contributed by atoms with Crippen molar-refractivity contribution in [2.75, 3.05) is 26.2 Å². The van der Waals surface area contributed by atoms with Crippen LogP contribution in [0.5, 0.6) is 0 Å². The number of piperidine rings is 1. The summed E-state index contributed by atoms with van der Waals surface area (Å²) in [5, 5.41) is 0. The molecule has 0 bridgehead atoms. The van der Waals surface area contributed by atoms with E-state index in [4.69, 9.17) is 9.47 Å². The summed E-state index contributed by atoms with van der Waals surface area (Å²) in [7, 11) is 0. The second-order valence-corrected chi connectivity index (χ2v) is 9.78. The van der Waals surface area contributed by atoms with Gasteiger partial charge in [-0.1, -0.05) is 34.1 Å². The Morgan fingerprint density at radius 1 is 1.04 bits per heavy atom. The highest BCUT2D eigenvalue weighted by Gasteiger charge is 2.44. The molecule has 1 unspecified atom stereocenters. The molecule has 0 aromatic rings. The fourth-order valence-electron chi connectivity index (χ4n) is 5.38. The average Bonchev–Trinajstić information content (AvgIpc) is 2.57. The summed E-state index contributed by atoms with van der Waals surface area (Å²) in [6, 6.07) is 0. The van der Waals surface area contributed by atoms with Gasteiger partial charge < -0.3 is 14.4 Å². The van der Waals surface area contributed by atoms with E-state index in [1.165, 1.54) is 51.6 Å². The van der Waals surface area contributed by atoms with Crippen molar-refractivity contribution in [1.82, 2.24) is 4.90 Å². The Morgan fingerprint density at radius 2 is 1.72 bits per heavy atom. The highest BCUT2D eigenvalue weighted by Crippen LogP contribution is 2.47. The van der Waals surface area contributed by atoms with E-state index in [2.05, 4.69) is 32.6 Å².